The third-order valence-corrected chi connectivity index (χ3v) is 5.03. The molecule has 108 valence electrons. The van der Waals surface area contributed by atoms with Crippen LogP contribution in [0.3, 0.4) is 0 Å². The van der Waals surface area contributed by atoms with Gasteiger partial charge in [-0.2, -0.15) is 5.26 Å². The minimum absolute atomic E-state index is 0.00425. The van der Waals surface area contributed by atoms with Gasteiger partial charge in [0, 0.05) is 12.6 Å². The molecule has 2 aliphatic heterocycles. The summed E-state index contributed by atoms with van der Waals surface area (Å²) in [4.78, 5) is 27.1. The summed E-state index contributed by atoms with van der Waals surface area (Å²) in [5, 5.41) is 18.5. The average Bonchev–Trinajstić information content (AvgIpc) is 3.11. The first-order valence-corrected chi connectivity index (χ1v) is 7.35. The number of nitrogens with zero attached hydrogens (tertiary/aromatic N) is 3. The van der Waals surface area contributed by atoms with Crippen LogP contribution in [0.15, 0.2) is 0 Å². The van der Waals surface area contributed by atoms with Crippen LogP contribution in [0, 0.1) is 17.2 Å². The smallest absolute Gasteiger partial charge is 0.408 e. The fourth-order valence-electron chi connectivity index (χ4n) is 4.14. The van der Waals surface area contributed by atoms with E-state index in [0.717, 1.165) is 25.7 Å². The van der Waals surface area contributed by atoms with E-state index >= 15 is 0 Å². The number of carbonyl (C=O) groups excluding carboxylic acids is 1. The molecule has 2 heterocycles. The van der Waals surface area contributed by atoms with Crippen molar-refractivity contribution in [3.05, 3.63) is 0 Å². The van der Waals surface area contributed by atoms with Gasteiger partial charge in [-0.1, -0.05) is 6.42 Å². The Morgan fingerprint density at radius 2 is 2.00 bits per heavy atom. The monoisotopic (exact) mass is 277 g/mol. The Kier molecular flexibility index (Phi) is 3.28. The van der Waals surface area contributed by atoms with Crippen LogP contribution in [-0.4, -0.2) is 51.6 Å². The molecular weight excluding hydrogens is 258 g/mol. The maximum absolute atomic E-state index is 12.6. The van der Waals surface area contributed by atoms with E-state index in [0.29, 0.717) is 25.3 Å². The zero-order valence-electron chi connectivity index (χ0n) is 11.4. The van der Waals surface area contributed by atoms with Crippen LogP contribution in [0.5, 0.6) is 0 Å². The van der Waals surface area contributed by atoms with Crippen LogP contribution in [0.25, 0.3) is 0 Å². The molecule has 0 aromatic heterocycles. The van der Waals surface area contributed by atoms with Crippen molar-refractivity contribution in [2.24, 2.45) is 5.92 Å². The van der Waals surface area contributed by atoms with Gasteiger partial charge in [0.2, 0.25) is 5.91 Å². The van der Waals surface area contributed by atoms with E-state index in [9.17, 15) is 14.7 Å². The summed E-state index contributed by atoms with van der Waals surface area (Å²) < 4.78 is 0. The van der Waals surface area contributed by atoms with Crippen LogP contribution >= 0.6 is 0 Å². The summed E-state index contributed by atoms with van der Waals surface area (Å²) >= 11 is 0. The largest absolute Gasteiger partial charge is 0.465 e. The van der Waals surface area contributed by atoms with Crippen molar-refractivity contribution in [1.29, 1.82) is 5.26 Å². The highest BCUT2D eigenvalue weighted by molar-refractivity contribution is 5.87. The van der Waals surface area contributed by atoms with Gasteiger partial charge in [0.1, 0.15) is 12.1 Å². The standard InChI is InChI=1S/C14H19N3O3/c15-8-10-4-2-6-16(10)13(18)12-7-9-3-1-5-11(9)17(12)14(19)20/h9-12H,1-7H2,(H,19,20)/t9-,10+,11-,12+/m1/s1. The fraction of sp³-hybridized carbons (Fsp3) is 0.786. The molecule has 6 heteroatoms. The Labute approximate surface area is 117 Å². The summed E-state index contributed by atoms with van der Waals surface area (Å²) in [7, 11) is 0. The van der Waals surface area contributed by atoms with Crippen molar-refractivity contribution >= 4 is 12.0 Å². The SMILES string of the molecule is N#C[C@@H]1CCCN1C(=O)[C@@H]1C[C@H]2CCC[C@H]2N1C(=O)O. The number of carboxylic acid groups (broad SMARTS) is 1. The van der Waals surface area contributed by atoms with Crippen LogP contribution < -0.4 is 0 Å². The van der Waals surface area contributed by atoms with Crippen molar-refractivity contribution in [3.8, 4) is 6.07 Å². The normalized spacial score (nSPS) is 36.0. The summed E-state index contributed by atoms with van der Waals surface area (Å²) in [5.74, 6) is 0.161. The summed E-state index contributed by atoms with van der Waals surface area (Å²) in [6.45, 7) is 0.580. The molecule has 3 fully saturated rings. The maximum atomic E-state index is 12.6. The molecule has 1 N–H and O–H groups in total. The Hall–Kier alpha value is -1.77. The van der Waals surface area contributed by atoms with E-state index in [1.165, 1.54) is 4.90 Å². The zero-order chi connectivity index (χ0) is 14.3. The highest BCUT2D eigenvalue weighted by Crippen LogP contribution is 2.42. The second-order valence-electron chi connectivity index (χ2n) is 6.02. The first-order valence-electron chi connectivity index (χ1n) is 7.35. The number of fused-ring (bicyclic) bond motifs is 1. The minimum Gasteiger partial charge on any atom is -0.465 e. The van der Waals surface area contributed by atoms with Gasteiger partial charge >= 0.3 is 6.09 Å². The van der Waals surface area contributed by atoms with Crippen molar-refractivity contribution in [2.75, 3.05) is 6.54 Å². The van der Waals surface area contributed by atoms with Gasteiger partial charge in [0.05, 0.1) is 6.07 Å². The van der Waals surface area contributed by atoms with E-state index in [2.05, 4.69) is 6.07 Å². The first kappa shape index (κ1) is 13.2. The van der Waals surface area contributed by atoms with Crippen LogP contribution in [0.1, 0.15) is 38.5 Å². The van der Waals surface area contributed by atoms with Crippen molar-refractivity contribution < 1.29 is 14.7 Å². The number of likely N-dealkylation sites (tertiary alicyclic amines) is 2. The molecule has 3 rings (SSSR count). The molecule has 0 aromatic rings. The molecule has 1 aliphatic carbocycles. The molecule has 6 nitrogen and oxygen atoms in total. The topological polar surface area (TPSA) is 84.6 Å². The Balaban J connectivity index is 1.80. The molecular formula is C14H19N3O3. The number of carbonyl (C=O) groups is 2. The van der Waals surface area contributed by atoms with E-state index in [1.807, 2.05) is 0 Å². The molecule has 0 bridgehead atoms. The van der Waals surface area contributed by atoms with Crippen molar-refractivity contribution in [1.82, 2.24) is 9.80 Å². The van der Waals surface area contributed by atoms with E-state index < -0.39 is 12.1 Å². The summed E-state index contributed by atoms with van der Waals surface area (Å²) in [6, 6.07) is 1.21. The highest BCUT2D eigenvalue weighted by Gasteiger charge is 2.50. The molecule has 20 heavy (non-hydrogen) atoms. The lowest BCUT2D eigenvalue weighted by Gasteiger charge is -2.30. The lowest BCUT2D eigenvalue weighted by atomic mass is 10.0. The third-order valence-electron chi connectivity index (χ3n) is 5.03. The van der Waals surface area contributed by atoms with Gasteiger partial charge in [0.25, 0.3) is 0 Å². The van der Waals surface area contributed by atoms with Crippen molar-refractivity contribution in [3.63, 3.8) is 0 Å². The Morgan fingerprint density at radius 1 is 1.20 bits per heavy atom. The second-order valence-corrected chi connectivity index (χ2v) is 6.02. The van der Waals surface area contributed by atoms with Gasteiger partial charge in [-0.25, -0.2) is 4.79 Å². The lowest BCUT2D eigenvalue weighted by molar-refractivity contribution is -0.135. The number of rotatable bonds is 1. The molecule has 4 atom stereocenters. The second kappa shape index (κ2) is 4.97. The third kappa shape index (κ3) is 1.92. The summed E-state index contributed by atoms with van der Waals surface area (Å²) in [6.07, 6.45) is 4.09. The molecule has 0 aromatic carbocycles. The van der Waals surface area contributed by atoms with Crippen LogP contribution in [0.2, 0.25) is 0 Å². The Bertz CT molecular complexity index is 473. The predicted molar refractivity (Wildman–Crippen MR) is 69.7 cm³/mol. The molecule has 1 saturated carbocycles. The molecule has 3 aliphatic rings. The summed E-state index contributed by atoms with van der Waals surface area (Å²) in [5.41, 5.74) is 0. The van der Waals surface area contributed by atoms with E-state index in [4.69, 9.17) is 5.26 Å². The number of nitriles is 1. The van der Waals surface area contributed by atoms with Gasteiger partial charge in [-0.3, -0.25) is 9.69 Å². The van der Waals surface area contributed by atoms with E-state index in [-0.39, 0.29) is 18.0 Å². The molecule has 0 unspecified atom stereocenters. The number of hydrogen-bond acceptors (Lipinski definition) is 3. The Morgan fingerprint density at radius 3 is 2.70 bits per heavy atom. The lowest BCUT2D eigenvalue weighted by Crippen LogP contribution is -2.50. The van der Waals surface area contributed by atoms with Crippen LogP contribution in [0.4, 0.5) is 4.79 Å². The fourth-order valence-corrected chi connectivity index (χ4v) is 4.14. The minimum atomic E-state index is -0.995. The highest BCUT2D eigenvalue weighted by atomic mass is 16.4. The molecule has 2 saturated heterocycles. The molecule has 2 amide bonds. The van der Waals surface area contributed by atoms with Gasteiger partial charge in [-0.15, -0.1) is 0 Å². The number of amides is 2. The molecule has 0 spiro atoms. The first-order chi connectivity index (χ1) is 9.63. The number of hydrogen-bond donors (Lipinski definition) is 1. The van der Waals surface area contributed by atoms with Crippen LogP contribution in [-0.2, 0) is 4.79 Å². The quantitative estimate of drug-likeness (QED) is 0.785. The molecule has 0 radical (unpaired) electrons. The van der Waals surface area contributed by atoms with E-state index in [1.54, 1.807) is 4.90 Å². The maximum Gasteiger partial charge on any atom is 0.408 e. The van der Waals surface area contributed by atoms with Gasteiger partial charge in [0.15, 0.2) is 0 Å². The zero-order valence-corrected chi connectivity index (χ0v) is 11.4. The predicted octanol–water partition coefficient (Wildman–Crippen LogP) is 1.42. The average molecular weight is 277 g/mol. The van der Waals surface area contributed by atoms with Gasteiger partial charge in [-0.05, 0) is 38.0 Å². The van der Waals surface area contributed by atoms with Crippen molar-refractivity contribution in [2.45, 2.75) is 56.7 Å². The van der Waals surface area contributed by atoms with Gasteiger partial charge < -0.3 is 10.0 Å².